The molecule has 0 saturated heterocycles. The Bertz CT molecular complexity index is 1580. The molecule has 3 aliphatic heterocycles. The van der Waals surface area contributed by atoms with Crippen molar-refractivity contribution in [1.29, 1.82) is 5.26 Å². The van der Waals surface area contributed by atoms with E-state index >= 15 is 0 Å². The molecule has 0 radical (unpaired) electrons. The van der Waals surface area contributed by atoms with E-state index in [1.54, 1.807) is 42.2 Å². The van der Waals surface area contributed by atoms with Crippen molar-refractivity contribution < 1.29 is 19.1 Å². The number of fused-ring (bicyclic) bond motifs is 3. The SMILES string of the molecule is Cc1[nH]nc2c1[C@@]1(C(=O)N3c4c(cc(OC(=O)c5ccccc5)cc41)[C@@H](C)CC3(C)C)C(C#N)=C(N)O2. The zero-order valence-electron chi connectivity index (χ0n) is 20.9. The largest absolute Gasteiger partial charge is 0.423 e. The summed E-state index contributed by atoms with van der Waals surface area (Å²) in [5.41, 5.74) is 7.61. The van der Waals surface area contributed by atoms with Gasteiger partial charge in [0.05, 0.1) is 16.8 Å². The summed E-state index contributed by atoms with van der Waals surface area (Å²) in [6.45, 7) is 7.88. The molecular weight excluding hydrogens is 470 g/mol. The summed E-state index contributed by atoms with van der Waals surface area (Å²) in [5.74, 6) is -0.520. The van der Waals surface area contributed by atoms with Crippen LogP contribution in [-0.2, 0) is 10.2 Å². The Kier molecular flexibility index (Phi) is 4.61. The van der Waals surface area contributed by atoms with E-state index in [9.17, 15) is 14.9 Å². The van der Waals surface area contributed by atoms with Crippen molar-refractivity contribution in [3.63, 3.8) is 0 Å². The van der Waals surface area contributed by atoms with E-state index in [4.69, 9.17) is 15.2 Å². The number of esters is 1. The van der Waals surface area contributed by atoms with Crippen molar-refractivity contribution in [3.8, 4) is 17.7 Å². The second-order valence-corrected chi connectivity index (χ2v) is 10.5. The van der Waals surface area contributed by atoms with Crippen LogP contribution in [0.3, 0.4) is 0 Å². The van der Waals surface area contributed by atoms with Gasteiger partial charge in [-0.3, -0.25) is 9.89 Å². The Morgan fingerprint density at radius 3 is 2.73 bits per heavy atom. The number of carbonyl (C=O) groups excluding carboxylic acids is 2. The monoisotopic (exact) mass is 495 g/mol. The van der Waals surface area contributed by atoms with E-state index in [0.29, 0.717) is 34.5 Å². The normalized spacial score (nSPS) is 22.8. The van der Waals surface area contributed by atoms with Crippen LogP contribution in [0.15, 0.2) is 53.9 Å². The van der Waals surface area contributed by atoms with Gasteiger partial charge in [0.25, 0.3) is 0 Å². The Morgan fingerprint density at radius 1 is 1.30 bits per heavy atom. The fraction of sp³-hybridized carbons (Fsp3) is 0.286. The fourth-order valence-electron chi connectivity index (χ4n) is 6.26. The minimum absolute atomic E-state index is 0.0129. The summed E-state index contributed by atoms with van der Waals surface area (Å²) in [5, 5.41) is 17.4. The molecule has 4 heterocycles. The number of carbonyl (C=O) groups is 2. The molecule has 0 saturated carbocycles. The highest BCUT2D eigenvalue weighted by molar-refractivity contribution is 6.16. The number of nitrogens with one attached hydrogen (secondary N) is 1. The van der Waals surface area contributed by atoms with Crippen molar-refractivity contribution in [3.05, 3.63) is 81.9 Å². The van der Waals surface area contributed by atoms with E-state index in [2.05, 4.69) is 23.2 Å². The number of hydrogen-bond donors (Lipinski definition) is 2. The first kappa shape index (κ1) is 22.9. The van der Waals surface area contributed by atoms with Crippen molar-refractivity contribution in [2.24, 2.45) is 5.73 Å². The number of rotatable bonds is 2. The zero-order valence-corrected chi connectivity index (χ0v) is 20.9. The number of H-pyrrole nitrogens is 1. The quantitative estimate of drug-likeness (QED) is 0.406. The van der Waals surface area contributed by atoms with Crippen LogP contribution in [0, 0.1) is 18.3 Å². The average Bonchev–Trinajstić information content (AvgIpc) is 3.34. The molecule has 1 aromatic heterocycles. The predicted molar refractivity (Wildman–Crippen MR) is 134 cm³/mol. The number of nitrogens with zero attached hydrogens (tertiary/aromatic N) is 3. The number of nitrogens with two attached hydrogens (primary N) is 1. The summed E-state index contributed by atoms with van der Waals surface area (Å²) in [4.78, 5) is 29.4. The number of nitriles is 1. The highest BCUT2D eigenvalue weighted by Gasteiger charge is 2.64. The third-order valence-electron chi connectivity index (χ3n) is 7.66. The number of anilines is 1. The molecule has 0 fully saturated rings. The molecule has 0 aliphatic carbocycles. The maximum absolute atomic E-state index is 14.6. The first-order valence-corrected chi connectivity index (χ1v) is 12.0. The third kappa shape index (κ3) is 2.87. The lowest BCUT2D eigenvalue weighted by Crippen LogP contribution is -2.54. The van der Waals surface area contributed by atoms with Crippen LogP contribution in [0.1, 0.15) is 65.9 Å². The number of amides is 1. The summed E-state index contributed by atoms with van der Waals surface area (Å²) < 4.78 is 11.5. The Morgan fingerprint density at radius 2 is 2.03 bits per heavy atom. The molecule has 2 atom stereocenters. The zero-order chi connectivity index (χ0) is 26.3. The lowest BCUT2D eigenvalue weighted by molar-refractivity contribution is -0.122. The number of aromatic amines is 1. The second kappa shape index (κ2) is 7.46. The Balaban J connectivity index is 1.67. The van der Waals surface area contributed by atoms with E-state index in [1.165, 1.54) is 0 Å². The molecule has 0 bridgehead atoms. The third-order valence-corrected chi connectivity index (χ3v) is 7.66. The predicted octanol–water partition coefficient (Wildman–Crippen LogP) is 3.94. The van der Waals surface area contributed by atoms with Crippen molar-refractivity contribution in [1.82, 2.24) is 10.2 Å². The van der Waals surface area contributed by atoms with Gasteiger partial charge in [0.2, 0.25) is 17.7 Å². The van der Waals surface area contributed by atoms with E-state index in [0.717, 1.165) is 5.56 Å². The van der Waals surface area contributed by atoms with Gasteiger partial charge in [0.1, 0.15) is 22.8 Å². The summed E-state index contributed by atoms with van der Waals surface area (Å²) >= 11 is 0. The fourth-order valence-corrected chi connectivity index (χ4v) is 6.26. The highest BCUT2D eigenvalue weighted by atomic mass is 16.5. The van der Waals surface area contributed by atoms with Crippen molar-refractivity contribution in [2.45, 2.75) is 51.0 Å². The molecule has 6 rings (SSSR count). The van der Waals surface area contributed by atoms with Crippen LogP contribution < -0.4 is 20.1 Å². The lowest BCUT2D eigenvalue weighted by atomic mass is 9.68. The van der Waals surface area contributed by atoms with Crippen LogP contribution in [0.5, 0.6) is 11.6 Å². The second-order valence-electron chi connectivity index (χ2n) is 10.5. The number of ether oxygens (including phenoxy) is 2. The molecule has 2 aromatic carbocycles. The summed E-state index contributed by atoms with van der Waals surface area (Å²) in [7, 11) is 0. The average molecular weight is 496 g/mol. The van der Waals surface area contributed by atoms with Crippen LogP contribution in [-0.4, -0.2) is 27.6 Å². The number of aryl methyl sites for hydroxylation is 1. The first-order chi connectivity index (χ1) is 17.6. The number of hydrogen-bond acceptors (Lipinski definition) is 7. The van der Waals surface area contributed by atoms with E-state index < -0.39 is 16.9 Å². The van der Waals surface area contributed by atoms with E-state index in [1.807, 2.05) is 26.0 Å². The molecule has 37 heavy (non-hydrogen) atoms. The minimum atomic E-state index is -1.59. The molecule has 9 heteroatoms. The van der Waals surface area contributed by atoms with Crippen molar-refractivity contribution in [2.75, 3.05) is 4.90 Å². The van der Waals surface area contributed by atoms with Crippen LogP contribution in [0.4, 0.5) is 5.69 Å². The molecular formula is C28H25N5O4. The van der Waals surface area contributed by atoms with Gasteiger partial charge in [0.15, 0.2) is 0 Å². The standard InChI is InChI=1S/C28H25N5O4/c1-14-12-27(3,4)33-22-18(14)10-17(36-25(34)16-8-6-5-7-9-16)11-19(22)28(26(33)35)20(13-29)23(30)37-24-21(28)15(2)31-32-24/h5-11,14H,12,30H2,1-4H3,(H,31,32)/t14-,28-/m0/s1. The molecule has 3 N–H and O–H groups in total. The van der Waals surface area contributed by atoms with E-state index in [-0.39, 0.29) is 34.9 Å². The Labute approximate surface area is 213 Å². The smallest absolute Gasteiger partial charge is 0.343 e. The number of benzene rings is 2. The van der Waals surface area contributed by atoms with Crippen LogP contribution in [0.25, 0.3) is 0 Å². The minimum Gasteiger partial charge on any atom is -0.423 e. The lowest BCUT2D eigenvalue weighted by Gasteiger charge is -2.44. The maximum Gasteiger partial charge on any atom is 0.343 e. The van der Waals surface area contributed by atoms with Gasteiger partial charge in [-0.2, -0.15) is 5.26 Å². The molecule has 1 amide bonds. The first-order valence-electron chi connectivity index (χ1n) is 12.0. The topological polar surface area (TPSA) is 134 Å². The molecule has 0 unspecified atom stereocenters. The molecule has 186 valence electrons. The van der Waals surface area contributed by atoms with Gasteiger partial charge in [-0.05, 0) is 62.9 Å². The maximum atomic E-state index is 14.6. The summed E-state index contributed by atoms with van der Waals surface area (Å²) in [6, 6.07) is 14.3. The number of aromatic nitrogens is 2. The molecule has 3 aliphatic rings. The highest BCUT2D eigenvalue weighted by Crippen LogP contribution is 2.61. The van der Waals surface area contributed by atoms with Gasteiger partial charge in [-0.1, -0.05) is 25.1 Å². The van der Waals surface area contributed by atoms with Gasteiger partial charge in [-0.15, -0.1) is 5.10 Å². The molecule has 3 aromatic rings. The molecule has 1 spiro atoms. The van der Waals surface area contributed by atoms with Crippen LogP contribution in [0.2, 0.25) is 0 Å². The van der Waals surface area contributed by atoms with Gasteiger partial charge in [0, 0.05) is 16.8 Å². The van der Waals surface area contributed by atoms with Gasteiger partial charge >= 0.3 is 5.97 Å². The Hall–Kier alpha value is -4.58. The molecule has 9 nitrogen and oxygen atoms in total. The van der Waals surface area contributed by atoms with Crippen molar-refractivity contribution >= 4 is 17.6 Å². The van der Waals surface area contributed by atoms with Gasteiger partial charge in [-0.25, -0.2) is 4.79 Å². The van der Waals surface area contributed by atoms with Gasteiger partial charge < -0.3 is 20.1 Å². The summed E-state index contributed by atoms with van der Waals surface area (Å²) in [6.07, 6.45) is 0.673. The van der Waals surface area contributed by atoms with Crippen LogP contribution >= 0.6 is 0 Å².